The van der Waals surface area contributed by atoms with E-state index in [1.54, 1.807) is 19.9 Å². The fourth-order valence-electron chi connectivity index (χ4n) is 9.65. The Hall–Kier alpha value is -2.52. The molecule has 13 nitrogen and oxygen atoms in total. The molecule has 318 valence electrons. The molecule has 3 fully saturated rings. The Kier molecular flexibility index (Phi) is 16.9. The van der Waals surface area contributed by atoms with E-state index in [0.29, 0.717) is 57.8 Å². The van der Waals surface area contributed by atoms with Crippen molar-refractivity contribution >= 4 is 23.4 Å². The van der Waals surface area contributed by atoms with E-state index in [4.69, 9.17) is 18.9 Å². The molecule has 4 rings (SSSR count). The minimum Gasteiger partial charge on any atom is -0.460 e. The summed E-state index contributed by atoms with van der Waals surface area (Å²) in [6.45, 7) is 13.2. The number of hydrogen-bond acceptors (Lipinski definition) is 12. The van der Waals surface area contributed by atoms with Gasteiger partial charge in [-0.25, -0.2) is 4.79 Å². The van der Waals surface area contributed by atoms with Crippen molar-refractivity contribution in [2.75, 3.05) is 20.8 Å². The van der Waals surface area contributed by atoms with Gasteiger partial charge >= 0.3 is 5.97 Å². The molecule has 0 spiro atoms. The van der Waals surface area contributed by atoms with Gasteiger partial charge in [-0.05, 0) is 95.3 Å². The van der Waals surface area contributed by atoms with Gasteiger partial charge < -0.3 is 44.3 Å². The summed E-state index contributed by atoms with van der Waals surface area (Å²) in [4.78, 5) is 57.7. The third-order valence-corrected chi connectivity index (χ3v) is 13.0. The Morgan fingerprint density at radius 2 is 1.62 bits per heavy atom. The van der Waals surface area contributed by atoms with E-state index in [1.165, 1.54) is 19.1 Å². The van der Waals surface area contributed by atoms with Crippen LogP contribution in [0.15, 0.2) is 24.3 Å². The van der Waals surface area contributed by atoms with Crippen molar-refractivity contribution in [1.82, 2.24) is 4.90 Å². The first-order valence-electron chi connectivity index (χ1n) is 20.8. The number of esters is 1. The van der Waals surface area contributed by atoms with E-state index in [1.807, 2.05) is 26.8 Å². The summed E-state index contributed by atoms with van der Waals surface area (Å²) in [5.41, 5.74) is 0.955. The van der Waals surface area contributed by atoms with Gasteiger partial charge in [-0.3, -0.25) is 14.4 Å². The number of methoxy groups -OCH3 is 2. The molecule has 3 aliphatic heterocycles. The molecular weight excluding hydrogens is 722 g/mol. The topological polar surface area (TPSA) is 189 Å². The number of rotatable bonds is 7. The van der Waals surface area contributed by atoms with Gasteiger partial charge in [-0.2, -0.15) is 0 Å². The number of hydrogen-bond donors (Lipinski definition) is 4. The van der Waals surface area contributed by atoms with Gasteiger partial charge in [0.05, 0.1) is 30.5 Å². The summed E-state index contributed by atoms with van der Waals surface area (Å²) in [5.74, 6) is -8.02. The zero-order valence-electron chi connectivity index (χ0n) is 34.6. The Bertz CT molecular complexity index is 1400. The van der Waals surface area contributed by atoms with E-state index in [9.17, 15) is 39.6 Å². The Labute approximate surface area is 333 Å². The second kappa shape index (κ2) is 20.4. The molecule has 2 bridgehead atoms. The molecule has 1 amide bonds. The van der Waals surface area contributed by atoms with Crippen LogP contribution in [0.4, 0.5) is 0 Å². The van der Waals surface area contributed by atoms with Gasteiger partial charge in [0.25, 0.3) is 11.7 Å². The van der Waals surface area contributed by atoms with Crippen LogP contribution in [0.1, 0.15) is 112 Å². The fraction of sp³-hybridized carbons (Fsp3) is 0.814. The summed E-state index contributed by atoms with van der Waals surface area (Å²) in [7, 11) is 3.05. The van der Waals surface area contributed by atoms with Crippen LogP contribution in [0, 0.1) is 35.5 Å². The number of Topliss-reactive ketones (excluding diaryl/α,β-unsaturated/α-hetero) is 2. The van der Waals surface area contributed by atoms with Crippen molar-refractivity contribution in [2.45, 2.75) is 166 Å². The Morgan fingerprint density at radius 3 is 2.27 bits per heavy atom. The predicted octanol–water partition coefficient (Wildman–Crippen LogP) is 4.06. The molecule has 56 heavy (non-hydrogen) atoms. The standard InChI is InChI=1S/C43H69NO12/c1-9-12-30-18-24(2)17-25(3)19-36(53-7)39-37(54-8)21-27(5)43(52,56-39)40(49)41(50)44-16-11-10-13-31(44)42(51)55-38(28(6)33(46)23-34(30)47)26(4)20-29-14-15-32(45)35(48)22-29/h9,18,25-33,35-39,45-46,48,52H,1,10-17,19-23H2,2-8H3/b24-18+/t25-,26?,27+,28+,29-,30+,31-,32+,33-,35+,36-,37-,38+,39+,43+/m0/s1. The van der Waals surface area contributed by atoms with Gasteiger partial charge in [0, 0.05) is 44.9 Å². The molecule has 1 unspecified atom stereocenters. The number of fused-ring (bicyclic) bond motifs is 3. The molecule has 15 atom stereocenters. The zero-order valence-corrected chi connectivity index (χ0v) is 34.6. The number of piperidine rings is 1. The Morgan fingerprint density at radius 1 is 0.946 bits per heavy atom. The molecular formula is C43H69NO12. The number of amides is 1. The number of ether oxygens (including phenoxy) is 4. The quantitative estimate of drug-likeness (QED) is 0.165. The SMILES string of the molecule is C=CC[C@@H]1/C=C(\C)C[C@H](C)C[C@H](OC)[C@H]2O[C@@](O)(C(=O)C(=O)N3CCCC[C@H]3C(=O)O[C@H](C(C)C[C@@H]3CC[C@@H](O)[C@H](O)C3)[C@H](C)[C@@H](O)CC1=O)[C@H](C)C[C@@H]2OC. The van der Waals surface area contributed by atoms with Crippen LogP contribution >= 0.6 is 0 Å². The normalized spacial score (nSPS) is 41.7. The molecule has 0 radical (unpaired) electrons. The second-order valence-electron chi connectivity index (χ2n) is 17.5. The second-order valence-corrected chi connectivity index (χ2v) is 17.5. The van der Waals surface area contributed by atoms with E-state index >= 15 is 0 Å². The van der Waals surface area contributed by atoms with Crippen LogP contribution in [0.3, 0.4) is 0 Å². The van der Waals surface area contributed by atoms with Crippen LogP contribution in [0.2, 0.25) is 0 Å². The van der Waals surface area contributed by atoms with Gasteiger partial charge in [0.1, 0.15) is 24.0 Å². The monoisotopic (exact) mass is 791 g/mol. The molecule has 2 saturated heterocycles. The number of aliphatic hydroxyl groups excluding tert-OH is 3. The number of cyclic esters (lactones) is 1. The summed E-state index contributed by atoms with van der Waals surface area (Å²) in [6.07, 6.45) is 2.59. The molecule has 13 heteroatoms. The van der Waals surface area contributed by atoms with Crippen molar-refractivity contribution in [3.8, 4) is 0 Å². The van der Waals surface area contributed by atoms with Crippen molar-refractivity contribution in [3.05, 3.63) is 24.3 Å². The maximum absolute atomic E-state index is 14.3. The summed E-state index contributed by atoms with van der Waals surface area (Å²) < 4.78 is 24.2. The summed E-state index contributed by atoms with van der Waals surface area (Å²) in [5, 5.41) is 44.2. The van der Waals surface area contributed by atoms with E-state index in [-0.39, 0.29) is 49.3 Å². The zero-order chi connectivity index (χ0) is 41.5. The molecule has 1 aliphatic carbocycles. The van der Waals surface area contributed by atoms with Crippen LogP contribution in [0.5, 0.6) is 0 Å². The lowest BCUT2D eigenvalue weighted by Gasteiger charge is -2.47. The van der Waals surface area contributed by atoms with Gasteiger partial charge in [-0.1, -0.05) is 45.4 Å². The first-order chi connectivity index (χ1) is 26.4. The minimum absolute atomic E-state index is 0.00865. The lowest BCUT2D eigenvalue weighted by Crippen LogP contribution is -2.64. The molecule has 4 aliphatic rings. The third-order valence-electron chi connectivity index (χ3n) is 13.0. The van der Waals surface area contributed by atoms with Crippen LogP contribution in [0.25, 0.3) is 0 Å². The van der Waals surface area contributed by atoms with Crippen LogP contribution < -0.4 is 0 Å². The number of ketones is 2. The van der Waals surface area contributed by atoms with Crippen molar-refractivity contribution < 1.29 is 58.6 Å². The van der Waals surface area contributed by atoms with E-state index in [2.05, 4.69) is 6.58 Å². The summed E-state index contributed by atoms with van der Waals surface area (Å²) in [6, 6.07) is -1.13. The maximum Gasteiger partial charge on any atom is 0.329 e. The Balaban J connectivity index is 1.75. The fourth-order valence-corrected chi connectivity index (χ4v) is 9.65. The number of nitrogens with zero attached hydrogens (tertiary/aromatic N) is 1. The van der Waals surface area contributed by atoms with Crippen LogP contribution in [-0.2, 0) is 38.1 Å². The van der Waals surface area contributed by atoms with Crippen LogP contribution in [-0.4, -0.2) is 124 Å². The molecule has 0 aromatic carbocycles. The molecule has 0 aromatic rings. The average Bonchev–Trinajstić information content (AvgIpc) is 3.16. The number of carbonyl (C=O) groups is 4. The lowest BCUT2D eigenvalue weighted by molar-refractivity contribution is -0.302. The highest BCUT2D eigenvalue weighted by Gasteiger charge is 2.56. The maximum atomic E-state index is 14.3. The average molecular weight is 792 g/mol. The lowest BCUT2D eigenvalue weighted by atomic mass is 9.76. The van der Waals surface area contributed by atoms with Gasteiger partial charge in [0.2, 0.25) is 5.79 Å². The minimum atomic E-state index is -2.51. The van der Waals surface area contributed by atoms with Crippen molar-refractivity contribution in [2.24, 2.45) is 35.5 Å². The number of carbonyl (C=O) groups excluding carboxylic acids is 4. The number of allylic oxidation sites excluding steroid dienone is 3. The first-order valence-corrected chi connectivity index (χ1v) is 20.8. The highest BCUT2D eigenvalue weighted by atomic mass is 16.7. The predicted molar refractivity (Wildman–Crippen MR) is 208 cm³/mol. The summed E-state index contributed by atoms with van der Waals surface area (Å²) >= 11 is 0. The molecule has 0 aromatic heterocycles. The van der Waals surface area contributed by atoms with E-state index < -0.39 is 90.0 Å². The van der Waals surface area contributed by atoms with Gasteiger partial charge in [-0.15, -0.1) is 6.58 Å². The smallest absolute Gasteiger partial charge is 0.329 e. The molecule has 1 saturated carbocycles. The highest BCUT2D eigenvalue weighted by molar-refractivity contribution is 6.39. The van der Waals surface area contributed by atoms with Gasteiger partial charge in [0.15, 0.2) is 0 Å². The van der Waals surface area contributed by atoms with Crippen molar-refractivity contribution in [3.63, 3.8) is 0 Å². The molecule has 4 N–H and O–H groups in total. The van der Waals surface area contributed by atoms with Crippen molar-refractivity contribution in [1.29, 1.82) is 0 Å². The third kappa shape index (κ3) is 10.9. The van der Waals surface area contributed by atoms with E-state index in [0.717, 1.165) is 5.57 Å². The highest BCUT2D eigenvalue weighted by Crippen LogP contribution is 2.39. The largest absolute Gasteiger partial charge is 0.460 e. The number of aliphatic hydroxyl groups is 4. The first kappa shape index (κ1) is 46.2. The molecule has 3 heterocycles.